The first kappa shape index (κ1) is 16.1. The highest BCUT2D eigenvalue weighted by Crippen LogP contribution is 2.07. The van der Waals surface area contributed by atoms with Crippen LogP contribution in [0.5, 0.6) is 0 Å². The van der Waals surface area contributed by atoms with Crippen LogP contribution < -0.4 is 10.0 Å². The molecule has 0 bridgehead atoms. The SMILES string of the molecule is CCCCCNS(=O)(=O)c1cnn(CCCNC)c1. The van der Waals surface area contributed by atoms with Crippen LogP contribution in [0.2, 0.25) is 0 Å². The van der Waals surface area contributed by atoms with Crippen LogP contribution in [0.15, 0.2) is 17.3 Å². The predicted molar refractivity (Wildman–Crippen MR) is 75.5 cm³/mol. The van der Waals surface area contributed by atoms with Crippen LogP contribution in [0.25, 0.3) is 0 Å². The first-order valence-corrected chi connectivity index (χ1v) is 8.25. The highest BCUT2D eigenvalue weighted by Gasteiger charge is 2.15. The monoisotopic (exact) mass is 288 g/mol. The Balaban J connectivity index is 2.49. The number of hydrogen-bond donors (Lipinski definition) is 2. The van der Waals surface area contributed by atoms with E-state index >= 15 is 0 Å². The summed E-state index contributed by atoms with van der Waals surface area (Å²) in [5.41, 5.74) is 0. The van der Waals surface area contributed by atoms with Crippen molar-refractivity contribution >= 4 is 10.0 Å². The van der Waals surface area contributed by atoms with Gasteiger partial charge in [-0.15, -0.1) is 0 Å². The Labute approximate surface area is 115 Å². The quantitative estimate of drug-likeness (QED) is 0.629. The summed E-state index contributed by atoms with van der Waals surface area (Å²) in [6.45, 7) is 4.17. The molecule has 1 rings (SSSR count). The van der Waals surface area contributed by atoms with Gasteiger partial charge in [0.1, 0.15) is 4.90 Å². The van der Waals surface area contributed by atoms with Gasteiger partial charge in [-0.2, -0.15) is 5.10 Å². The second-order valence-electron chi connectivity index (χ2n) is 4.50. The standard InChI is InChI=1S/C12H24N4O2S/c1-3-4-5-8-15-19(17,18)12-10-14-16(11-12)9-6-7-13-2/h10-11,13,15H,3-9H2,1-2H3. The minimum atomic E-state index is -3.40. The van der Waals surface area contributed by atoms with Gasteiger partial charge in [0.15, 0.2) is 0 Å². The van der Waals surface area contributed by atoms with Crippen LogP contribution in [-0.2, 0) is 16.6 Å². The molecule has 110 valence electrons. The van der Waals surface area contributed by atoms with Gasteiger partial charge in [0.25, 0.3) is 0 Å². The molecule has 0 amide bonds. The van der Waals surface area contributed by atoms with Gasteiger partial charge >= 0.3 is 0 Å². The van der Waals surface area contributed by atoms with Crippen molar-refractivity contribution < 1.29 is 8.42 Å². The third-order valence-corrected chi connectivity index (χ3v) is 4.22. The van der Waals surface area contributed by atoms with E-state index in [1.54, 1.807) is 10.9 Å². The van der Waals surface area contributed by atoms with Crippen molar-refractivity contribution in [1.82, 2.24) is 19.8 Å². The third kappa shape index (κ3) is 5.71. The summed E-state index contributed by atoms with van der Waals surface area (Å²) in [7, 11) is -1.51. The molecule has 1 aromatic heterocycles. The maximum absolute atomic E-state index is 12.0. The molecule has 0 radical (unpaired) electrons. The number of aromatic nitrogens is 2. The molecule has 2 N–H and O–H groups in total. The van der Waals surface area contributed by atoms with Crippen LogP contribution in [0, 0.1) is 0 Å². The average molecular weight is 288 g/mol. The van der Waals surface area contributed by atoms with Crippen molar-refractivity contribution in [3.05, 3.63) is 12.4 Å². The zero-order chi connectivity index (χ0) is 14.1. The van der Waals surface area contributed by atoms with E-state index in [-0.39, 0.29) is 4.90 Å². The lowest BCUT2D eigenvalue weighted by Gasteiger charge is -2.03. The van der Waals surface area contributed by atoms with Crippen molar-refractivity contribution in [2.24, 2.45) is 0 Å². The lowest BCUT2D eigenvalue weighted by Crippen LogP contribution is -2.24. The molecule has 0 aromatic carbocycles. The molecule has 0 aliphatic rings. The Hall–Kier alpha value is -0.920. The lowest BCUT2D eigenvalue weighted by atomic mass is 10.3. The first-order valence-electron chi connectivity index (χ1n) is 6.77. The summed E-state index contributed by atoms with van der Waals surface area (Å²) < 4.78 is 28.2. The molecule has 0 saturated carbocycles. The minimum Gasteiger partial charge on any atom is -0.320 e. The first-order chi connectivity index (χ1) is 9.10. The van der Waals surface area contributed by atoms with E-state index in [2.05, 4.69) is 22.1 Å². The molecule has 0 aliphatic carbocycles. The van der Waals surface area contributed by atoms with E-state index in [1.165, 1.54) is 6.20 Å². The van der Waals surface area contributed by atoms with Crippen molar-refractivity contribution in [1.29, 1.82) is 0 Å². The van der Waals surface area contributed by atoms with Crippen molar-refractivity contribution in [2.45, 2.75) is 44.0 Å². The van der Waals surface area contributed by atoms with Gasteiger partial charge in [-0.3, -0.25) is 4.68 Å². The zero-order valence-corrected chi connectivity index (χ0v) is 12.5. The Morgan fingerprint density at radius 3 is 2.74 bits per heavy atom. The number of sulfonamides is 1. The second kappa shape index (κ2) is 8.29. The molecule has 0 spiro atoms. The number of hydrogen-bond acceptors (Lipinski definition) is 4. The molecule has 1 aromatic rings. The van der Waals surface area contributed by atoms with E-state index in [4.69, 9.17) is 0 Å². The molecule has 0 saturated heterocycles. The number of nitrogens with one attached hydrogen (secondary N) is 2. The van der Waals surface area contributed by atoms with Gasteiger partial charge in [0.05, 0.1) is 6.20 Å². The lowest BCUT2D eigenvalue weighted by molar-refractivity contribution is 0.559. The largest absolute Gasteiger partial charge is 0.320 e. The van der Waals surface area contributed by atoms with Gasteiger partial charge in [-0.05, 0) is 26.4 Å². The summed E-state index contributed by atoms with van der Waals surface area (Å²) in [4.78, 5) is 0.244. The van der Waals surface area contributed by atoms with E-state index in [0.717, 1.165) is 32.2 Å². The van der Waals surface area contributed by atoms with Gasteiger partial charge < -0.3 is 5.32 Å². The van der Waals surface area contributed by atoms with Crippen molar-refractivity contribution in [3.63, 3.8) is 0 Å². The minimum absolute atomic E-state index is 0.244. The summed E-state index contributed by atoms with van der Waals surface area (Å²) >= 11 is 0. The fourth-order valence-corrected chi connectivity index (χ4v) is 2.71. The fraction of sp³-hybridized carbons (Fsp3) is 0.750. The number of rotatable bonds is 10. The second-order valence-corrected chi connectivity index (χ2v) is 6.27. The molecule has 7 heteroatoms. The van der Waals surface area contributed by atoms with Gasteiger partial charge in [-0.1, -0.05) is 19.8 Å². The summed E-state index contributed by atoms with van der Waals surface area (Å²) in [6.07, 6.45) is 6.88. The maximum Gasteiger partial charge on any atom is 0.243 e. The fourth-order valence-electron chi connectivity index (χ4n) is 1.69. The highest BCUT2D eigenvalue weighted by atomic mass is 32.2. The van der Waals surface area contributed by atoms with Crippen LogP contribution >= 0.6 is 0 Å². The maximum atomic E-state index is 12.0. The third-order valence-electron chi connectivity index (χ3n) is 2.81. The van der Waals surface area contributed by atoms with E-state index < -0.39 is 10.0 Å². The normalized spacial score (nSPS) is 11.9. The zero-order valence-electron chi connectivity index (χ0n) is 11.7. The highest BCUT2D eigenvalue weighted by molar-refractivity contribution is 7.89. The Morgan fingerprint density at radius 2 is 2.05 bits per heavy atom. The molecular weight excluding hydrogens is 264 g/mol. The summed E-state index contributed by atoms with van der Waals surface area (Å²) in [5, 5.41) is 7.11. The number of unbranched alkanes of at least 4 members (excludes halogenated alkanes) is 2. The Kier molecular flexibility index (Phi) is 7.04. The van der Waals surface area contributed by atoms with E-state index in [0.29, 0.717) is 13.1 Å². The Morgan fingerprint density at radius 1 is 1.26 bits per heavy atom. The van der Waals surface area contributed by atoms with Crippen LogP contribution in [0.1, 0.15) is 32.6 Å². The van der Waals surface area contributed by atoms with Crippen LogP contribution in [0.3, 0.4) is 0 Å². The molecule has 0 aliphatic heterocycles. The van der Waals surface area contributed by atoms with Crippen molar-refractivity contribution in [3.8, 4) is 0 Å². The molecular formula is C12H24N4O2S. The van der Waals surface area contributed by atoms with Crippen LogP contribution in [0.4, 0.5) is 0 Å². The van der Waals surface area contributed by atoms with E-state index in [1.807, 2.05) is 7.05 Å². The van der Waals surface area contributed by atoms with Gasteiger partial charge in [0.2, 0.25) is 10.0 Å². The molecule has 6 nitrogen and oxygen atoms in total. The van der Waals surface area contributed by atoms with Crippen molar-refractivity contribution in [2.75, 3.05) is 20.1 Å². The predicted octanol–water partition coefficient (Wildman–Crippen LogP) is 0.961. The van der Waals surface area contributed by atoms with Crippen LogP contribution in [-0.4, -0.2) is 38.3 Å². The molecule has 19 heavy (non-hydrogen) atoms. The number of aryl methyl sites for hydroxylation is 1. The van der Waals surface area contributed by atoms with E-state index in [9.17, 15) is 8.42 Å². The molecule has 0 fully saturated rings. The molecule has 0 atom stereocenters. The Bertz CT molecular complexity index is 456. The smallest absolute Gasteiger partial charge is 0.243 e. The number of nitrogens with zero attached hydrogens (tertiary/aromatic N) is 2. The average Bonchev–Trinajstić information content (AvgIpc) is 2.85. The summed E-state index contributed by atoms with van der Waals surface area (Å²) in [6, 6.07) is 0. The van der Waals surface area contributed by atoms with Gasteiger partial charge in [-0.25, -0.2) is 13.1 Å². The molecule has 0 unspecified atom stereocenters. The summed E-state index contributed by atoms with van der Waals surface area (Å²) in [5.74, 6) is 0. The topological polar surface area (TPSA) is 76.0 Å². The van der Waals surface area contributed by atoms with Gasteiger partial charge in [0, 0.05) is 19.3 Å². The molecule has 1 heterocycles.